The molecule has 0 fully saturated rings. The van der Waals surface area contributed by atoms with E-state index < -0.39 is 113 Å². The van der Waals surface area contributed by atoms with E-state index in [1.807, 2.05) is 73.3 Å². The topological polar surface area (TPSA) is 247 Å². The average Bonchev–Trinajstić information content (AvgIpc) is 3.61. The summed E-state index contributed by atoms with van der Waals surface area (Å²) < 4.78 is 20.8. The van der Waals surface area contributed by atoms with Crippen LogP contribution >= 0.6 is 0 Å². The van der Waals surface area contributed by atoms with Crippen LogP contribution in [0, 0.1) is 5.41 Å². The maximum absolute atomic E-state index is 13.1. The second kappa shape index (κ2) is 31.9. The molecule has 20 nitrogen and oxygen atoms in total. The summed E-state index contributed by atoms with van der Waals surface area (Å²) in [5.74, 6) is -4.56. The molecule has 448 valence electrons. The highest BCUT2D eigenvalue weighted by atomic mass is 28.3. The Labute approximate surface area is 496 Å². The van der Waals surface area contributed by atoms with Crippen molar-refractivity contribution < 1.29 is 96.4 Å². The fraction of sp³-hybridized carbons (Fsp3) is 0.213. The normalized spacial score (nSPS) is 11.2. The molecular formula is C61H68O20Si4. The van der Waals surface area contributed by atoms with Crippen molar-refractivity contribution in [2.75, 3.05) is 26.4 Å². The van der Waals surface area contributed by atoms with E-state index in [4.69, 9.17) is 38.5 Å². The zero-order valence-corrected chi connectivity index (χ0v) is 51.8. The Kier molecular flexibility index (Phi) is 25.6. The first-order valence-corrected chi connectivity index (χ1v) is 35.9. The van der Waals surface area contributed by atoms with Gasteiger partial charge in [-0.05, 0) is 72.7 Å². The van der Waals surface area contributed by atoms with Crippen LogP contribution in [-0.2, 0) is 58.0 Å². The van der Waals surface area contributed by atoms with Crippen molar-refractivity contribution in [2.45, 2.75) is 51.9 Å². The molecule has 0 aliphatic carbocycles. The van der Waals surface area contributed by atoms with Crippen LogP contribution in [0.5, 0.6) is 0 Å². The van der Waals surface area contributed by atoms with Gasteiger partial charge in [-0.3, -0.25) is 0 Å². The summed E-state index contributed by atoms with van der Waals surface area (Å²) in [6, 6.07) is 27.9. The second-order valence-electron chi connectivity index (χ2n) is 19.0. The molecule has 0 bridgehead atoms. The Morgan fingerprint density at radius 2 is 0.471 bits per heavy atom. The van der Waals surface area contributed by atoms with Crippen molar-refractivity contribution in [3.05, 3.63) is 218 Å². The highest BCUT2D eigenvalue weighted by Crippen LogP contribution is 2.24. The van der Waals surface area contributed by atoms with Crippen molar-refractivity contribution in [2.24, 2.45) is 5.41 Å². The molecular weight excluding hydrogens is 1160 g/mol. The summed E-state index contributed by atoms with van der Waals surface area (Å²) in [6.07, 6.45) is -6.90. The Hall–Kier alpha value is -9.37. The Morgan fingerprint density at radius 1 is 0.306 bits per heavy atom. The third-order valence-electron chi connectivity index (χ3n) is 14.6. The van der Waals surface area contributed by atoms with Gasteiger partial charge < -0.3 is 18.9 Å². The number of ether oxygens (including phenoxy) is 4. The fourth-order valence-electron chi connectivity index (χ4n) is 8.59. The van der Waals surface area contributed by atoms with Crippen molar-refractivity contribution in [3.63, 3.8) is 0 Å². The summed E-state index contributed by atoms with van der Waals surface area (Å²) in [5.41, 5.74) is 12.2. The lowest BCUT2D eigenvalue weighted by Gasteiger charge is -2.30. The molecule has 0 spiro atoms. The first kappa shape index (κ1) is 68.1. The number of carbonyl (C=O) groups is 8. The molecule has 0 N–H and O–H groups in total. The molecule has 24 heteroatoms. The van der Waals surface area contributed by atoms with Crippen LogP contribution in [-0.4, -0.2) is 107 Å². The summed E-state index contributed by atoms with van der Waals surface area (Å²) in [6.45, 7) is 34.9. The van der Waals surface area contributed by atoms with Crippen molar-refractivity contribution >= 4 is 102 Å². The number of hydrogen-bond donors (Lipinski definition) is 0. The van der Waals surface area contributed by atoms with Gasteiger partial charge >= 0.3 is 48.5 Å². The SMILES string of the molecule is C=C[Si](C=C)(CC)c1ccc(C(=O)OOC(=O)OCC(COC(=O)OOC(=O)c2ccc([Si](C=C)(C=C)CC)cc2)(COC(=O)OOC(=O)c2ccc([Si](C=C)(C=C)CC)cc2)COC(=O)OOC(=O)c2ccc([Si](C=C)(C=C)CC)cc2)cc1. The predicted molar refractivity (Wildman–Crippen MR) is 325 cm³/mol. The van der Waals surface area contributed by atoms with E-state index in [-0.39, 0.29) is 22.3 Å². The van der Waals surface area contributed by atoms with Crippen LogP contribution in [0.4, 0.5) is 19.2 Å². The van der Waals surface area contributed by atoms with Crippen molar-refractivity contribution in [1.82, 2.24) is 0 Å². The predicted octanol–water partition coefficient (Wildman–Crippen LogP) is 10.2. The summed E-state index contributed by atoms with van der Waals surface area (Å²) >= 11 is 0. The maximum Gasteiger partial charge on any atom is 0.549 e. The van der Waals surface area contributed by atoms with Gasteiger partial charge in [0.1, 0.15) is 64.1 Å². The van der Waals surface area contributed by atoms with E-state index in [1.165, 1.54) is 48.5 Å². The van der Waals surface area contributed by atoms with Gasteiger partial charge in [0.05, 0.1) is 22.3 Å². The lowest BCUT2D eigenvalue weighted by atomic mass is 9.92. The lowest BCUT2D eigenvalue weighted by Crippen LogP contribution is -2.44. The van der Waals surface area contributed by atoms with Crippen LogP contribution in [0.15, 0.2) is 195 Å². The second-order valence-corrected chi connectivity index (χ2v) is 35.7. The number of benzene rings is 4. The first-order chi connectivity index (χ1) is 40.7. The van der Waals surface area contributed by atoms with E-state index >= 15 is 0 Å². The Balaban J connectivity index is 1.60. The highest BCUT2D eigenvalue weighted by Gasteiger charge is 2.41. The first-order valence-electron chi connectivity index (χ1n) is 26.4. The summed E-state index contributed by atoms with van der Waals surface area (Å²) in [5, 5.41) is 3.55. The number of hydrogen-bond acceptors (Lipinski definition) is 20. The van der Waals surface area contributed by atoms with Gasteiger partial charge in [0.2, 0.25) is 0 Å². The van der Waals surface area contributed by atoms with Gasteiger partial charge in [-0.1, -0.05) is 143 Å². The van der Waals surface area contributed by atoms with Crippen molar-refractivity contribution in [3.8, 4) is 0 Å². The smallest absolute Gasteiger partial charge is 0.431 e. The summed E-state index contributed by atoms with van der Waals surface area (Å²) in [4.78, 5) is 142. The molecule has 0 aliphatic rings. The summed E-state index contributed by atoms with van der Waals surface area (Å²) in [7, 11) is -9.15. The third kappa shape index (κ3) is 17.3. The van der Waals surface area contributed by atoms with Crippen LogP contribution in [0.25, 0.3) is 0 Å². The minimum absolute atomic E-state index is 0.0429. The standard InChI is InChI=1S/C61H68O20Si4/c1-13-82(14-2,15-3)49-33-25-45(26-34-49)53(62)74-78-57(66)70-41-61(42-71-58(67)79-75-54(63)46-27-35-50(36-28-46)83(16-4,17-5)18-6,43-72-59(68)80-76-55(64)47-29-37-51(38-30-47)84(19-7,20-8)21-9)44-73-60(69)81-77-56(65)48-31-39-52(40-32-48)85(22-10,23-11)24-12/h13-14,16-17,19-20,22-23,25-40H,1-2,4-5,7-8,10-11,15,18,21,24,41-44H2,3,6,9,12H3. The van der Waals surface area contributed by atoms with E-state index in [2.05, 4.69) is 72.2 Å². The number of carbonyl (C=O) groups excluding carboxylic acids is 8. The van der Waals surface area contributed by atoms with Gasteiger partial charge in [-0.15, -0.1) is 52.6 Å². The molecule has 0 heterocycles. The largest absolute Gasteiger partial charge is 0.549 e. The molecule has 0 radical (unpaired) electrons. The van der Waals surface area contributed by atoms with E-state index in [9.17, 15) is 38.4 Å². The third-order valence-corrected chi connectivity index (χ3v) is 30.8. The number of rotatable bonds is 28. The van der Waals surface area contributed by atoms with E-state index in [0.29, 0.717) is 0 Å². The van der Waals surface area contributed by atoms with Crippen LogP contribution in [0.3, 0.4) is 0 Å². The van der Waals surface area contributed by atoms with Gasteiger partial charge in [-0.25, -0.2) is 58.3 Å². The van der Waals surface area contributed by atoms with Crippen LogP contribution in [0.2, 0.25) is 24.2 Å². The zero-order valence-electron chi connectivity index (χ0n) is 47.8. The Morgan fingerprint density at radius 3 is 0.612 bits per heavy atom. The van der Waals surface area contributed by atoms with Crippen molar-refractivity contribution in [1.29, 1.82) is 0 Å². The Bertz CT molecular complexity index is 2670. The molecule has 0 saturated carbocycles. The molecule has 4 rings (SSSR count). The van der Waals surface area contributed by atoms with Crippen LogP contribution in [0.1, 0.15) is 69.1 Å². The molecule has 0 aromatic heterocycles. The molecule has 4 aromatic rings. The molecule has 0 aliphatic heterocycles. The van der Waals surface area contributed by atoms with Gasteiger partial charge in [0.25, 0.3) is 0 Å². The van der Waals surface area contributed by atoms with Crippen LogP contribution < -0.4 is 20.7 Å². The van der Waals surface area contributed by atoms with Gasteiger partial charge in [-0.2, -0.15) is 19.2 Å². The molecule has 0 amide bonds. The molecule has 85 heavy (non-hydrogen) atoms. The zero-order chi connectivity index (χ0) is 62.9. The maximum atomic E-state index is 13.1. The molecule has 0 unspecified atom stereocenters. The molecule has 0 atom stereocenters. The fourth-order valence-corrected chi connectivity index (χ4v) is 18.2. The van der Waals surface area contributed by atoms with E-state index in [0.717, 1.165) is 44.9 Å². The lowest BCUT2D eigenvalue weighted by molar-refractivity contribution is -0.223. The quantitative estimate of drug-likeness (QED) is 0.0169. The monoisotopic (exact) mass is 1230 g/mol. The molecule has 4 aromatic carbocycles. The van der Waals surface area contributed by atoms with Gasteiger partial charge in [0.15, 0.2) is 0 Å². The van der Waals surface area contributed by atoms with E-state index in [1.54, 1.807) is 48.5 Å². The minimum Gasteiger partial charge on any atom is -0.431 e. The minimum atomic E-state index is -2.31. The average molecular weight is 1230 g/mol. The highest BCUT2D eigenvalue weighted by molar-refractivity contribution is 7.01. The van der Waals surface area contributed by atoms with Gasteiger partial charge in [0, 0.05) is 0 Å². The molecule has 0 saturated heterocycles.